The van der Waals surface area contributed by atoms with Crippen LogP contribution in [0.25, 0.3) is 0 Å². The van der Waals surface area contributed by atoms with E-state index >= 15 is 0 Å². The molecule has 0 spiro atoms. The van der Waals surface area contributed by atoms with Crippen molar-refractivity contribution in [1.82, 2.24) is 25.7 Å². The maximum atomic E-state index is 13.8. The highest BCUT2D eigenvalue weighted by molar-refractivity contribution is 7.36. The Bertz CT molecular complexity index is 1020. The van der Waals surface area contributed by atoms with Crippen LogP contribution < -0.4 is 20.8 Å². The molecule has 0 aromatic heterocycles. The van der Waals surface area contributed by atoms with Gasteiger partial charge in [0.1, 0.15) is 12.1 Å². The number of hydrogen-bond donors (Lipinski definition) is 4. The molecule has 0 aromatic rings. The Hall–Kier alpha value is -2.27. The predicted octanol–water partition coefficient (Wildman–Crippen LogP) is 1.78. The maximum absolute atomic E-state index is 13.8. The number of fused-ring (bicyclic) bond motifs is 1. The molecule has 5 amide bonds. The summed E-state index contributed by atoms with van der Waals surface area (Å²) in [7, 11) is 2.40. The largest absolute Gasteiger partial charge is 0.344 e. The van der Waals surface area contributed by atoms with Gasteiger partial charge in [-0.25, -0.2) is 4.79 Å². The molecule has 4 N–H and O–H groups in total. The number of Topliss-reactive ketones (excluding diaryl/α,β-unsaturated/α-hetero) is 1. The second kappa shape index (κ2) is 11.2. The van der Waals surface area contributed by atoms with Gasteiger partial charge in [0.25, 0.3) is 5.91 Å². The first-order valence-corrected chi connectivity index (χ1v) is 14.1. The summed E-state index contributed by atoms with van der Waals surface area (Å²) in [6.07, 6.45) is 3.37. The van der Waals surface area contributed by atoms with Crippen LogP contribution in [0.2, 0.25) is 0 Å². The number of nitrogens with one attached hydrogen (secondary N) is 4. The molecule has 10 nitrogen and oxygen atoms in total. The van der Waals surface area contributed by atoms with Gasteiger partial charge in [-0.3, -0.25) is 24.3 Å². The van der Waals surface area contributed by atoms with E-state index < -0.39 is 47.2 Å². The number of carbonyl (C=O) groups is 5. The Morgan fingerprint density at radius 3 is 2.32 bits per heavy atom. The number of ketones is 1. The van der Waals surface area contributed by atoms with Crippen LogP contribution in [0.1, 0.15) is 60.3 Å². The molecule has 2 unspecified atom stereocenters. The van der Waals surface area contributed by atoms with E-state index in [-0.39, 0.29) is 29.1 Å². The average Bonchev–Trinajstić information content (AvgIpc) is 3.13. The molecule has 3 fully saturated rings. The third-order valence-corrected chi connectivity index (χ3v) is 8.90. The molecule has 0 bridgehead atoms. The van der Waals surface area contributed by atoms with E-state index in [2.05, 4.69) is 46.7 Å². The van der Waals surface area contributed by atoms with Gasteiger partial charge >= 0.3 is 6.03 Å². The Balaban J connectivity index is 1.84. The summed E-state index contributed by atoms with van der Waals surface area (Å²) in [6, 6.07) is -3.17. The second-order valence-corrected chi connectivity index (χ2v) is 13.0. The number of piperidine rings is 1. The molecule has 12 heteroatoms. The summed E-state index contributed by atoms with van der Waals surface area (Å²) in [5.74, 6) is -1.92. The summed E-state index contributed by atoms with van der Waals surface area (Å²) in [5, 5.41) is 10.4. The standard InChI is InChI=1S/C25H39N5O5P2/c1-7-37-29-23(35)27-19(24(2,3)4)22(34)30-12-14-16(25(14,5)6)17(30)20(32)26-15(11-13-9-8-10-13)18(31)21(33)28-36/h13-17,19H,1,8-12,36H2,2-6H3,(H,26,32)(H,28,33)(H2,27,29,35)/t14-,15?,16-,17-,19+/m0/s1. The zero-order valence-corrected chi connectivity index (χ0v) is 24.3. The lowest BCUT2D eigenvalue weighted by Crippen LogP contribution is -2.61. The van der Waals surface area contributed by atoms with E-state index in [9.17, 15) is 24.0 Å². The minimum absolute atomic E-state index is 0.0743. The fraction of sp³-hybridized carbons (Fsp3) is 0.720. The Morgan fingerprint density at radius 2 is 1.81 bits per heavy atom. The third kappa shape index (κ3) is 6.25. The van der Waals surface area contributed by atoms with Crippen LogP contribution in [0, 0.1) is 28.6 Å². The molecule has 204 valence electrons. The summed E-state index contributed by atoms with van der Waals surface area (Å²) < 4.78 is 0. The van der Waals surface area contributed by atoms with Crippen LogP contribution in [0.4, 0.5) is 4.79 Å². The van der Waals surface area contributed by atoms with Gasteiger partial charge in [0, 0.05) is 6.54 Å². The van der Waals surface area contributed by atoms with Crippen molar-refractivity contribution < 1.29 is 24.0 Å². The molecule has 37 heavy (non-hydrogen) atoms. The van der Waals surface area contributed by atoms with Crippen molar-refractivity contribution in [2.45, 2.75) is 78.4 Å². The number of nitrogens with zero attached hydrogens (tertiary/aromatic N) is 1. The lowest BCUT2D eigenvalue weighted by Gasteiger charge is -2.38. The molecule has 1 saturated heterocycles. The molecule has 1 aliphatic heterocycles. The lowest BCUT2D eigenvalue weighted by atomic mass is 9.80. The van der Waals surface area contributed by atoms with Gasteiger partial charge in [-0.15, -0.1) is 0 Å². The minimum Gasteiger partial charge on any atom is -0.344 e. The first kappa shape index (κ1) is 29.3. The number of urea groups is 1. The molecule has 3 aliphatic rings. The number of likely N-dealkylation sites (tertiary alicyclic amines) is 1. The van der Waals surface area contributed by atoms with Gasteiger partial charge in [-0.05, 0) is 44.4 Å². The van der Waals surface area contributed by atoms with Gasteiger partial charge < -0.3 is 20.6 Å². The number of amides is 5. The van der Waals surface area contributed by atoms with Crippen LogP contribution >= 0.6 is 17.7 Å². The molecule has 3 rings (SSSR count). The quantitative estimate of drug-likeness (QED) is 0.256. The van der Waals surface area contributed by atoms with Crippen LogP contribution in [0.3, 0.4) is 0 Å². The zero-order chi connectivity index (χ0) is 27.7. The van der Waals surface area contributed by atoms with Crippen LogP contribution in [-0.2, 0) is 19.2 Å². The SMILES string of the molecule is C=C=PNC(=O)N[C@H](C(=O)N1C[C@H]2[C@@H]([C@H]1C(=O)NC(CC1CCC1)C(=O)C(=O)NP)C2(C)C)C(C)(C)C. The third-order valence-electron chi connectivity index (χ3n) is 8.17. The van der Waals surface area contributed by atoms with Crippen molar-refractivity contribution in [2.75, 3.05) is 6.54 Å². The normalized spacial score (nSPS) is 25.6. The fourth-order valence-corrected chi connectivity index (χ4v) is 6.05. The molecule has 2 aliphatic carbocycles. The smallest absolute Gasteiger partial charge is 0.323 e. The molecule has 0 aromatic carbocycles. The van der Waals surface area contributed by atoms with E-state index in [1.165, 1.54) is 0 Å². The Morgan fingerprint density at radius 1 is 1.16 bits per heavy atom. The van der Waals surface area contributed by atoms with Crippen molar-refractivity contribution in [2.24, 2.45) is 28.6 Å². The van der Waals surface area contributed by atoms with Crippen molar-refractivity contribution in [1.29, 1.82) is 0 Å². The Labute approximate surface area is 222 Å². The molecule has 1 heterocycles. The van der Waals surface area contributed by atoms with Gasteiger partial charge in [0.2, 0.25) is 17.6 Å². The highest BCUT2D eigenvalue weighted by Crippen LogP contribution is 2.65. The van der Waals surface area contributed by atoms with Crippen LogP contribution in [0.15, 0.2) is 6.58 Å². The number of carbonyl (C=O) groups excluding carboxylic acids is 5. The van der Waals surface area contributed by atoms with Gasteiger partial charge in [-0.1, -0.05) is 65.9 Å². The van der Waals surface area contributed by atoms with Gasteiger partial charge in [0.05, 0.1) is 14.4 Å². The Kier molecular flexibility index (Phi) is 8.89. The van der Waals surface area contributed by atoms with E-state index in [1.807, 2.05) is 30.2 Å². The van der Waals surface area contributed by atoms with E-state index in [1.54, 1.807) is 4.90 Å². The molecule has 6 atom stereocenters. The van der Waals surface area contributed by atoms with Crippen molar-refractivity contribution in [3.63, 3.8) is 0 Å². The topological polar surface area (TPSA) is 137 Å². The predicted molar refractivity (Wildman–Crippen MR) is 145 cm³/mol. The van der Waals surface area contributed by atoms with E-state index in [4.69, 9.17) is 0 Å². The molecule has 0 radical (unpaired) electrons. The van der Waals surface area contributed by atoms with Crippen molar-refractivity contribution >= 4 is 52.7 Å². The molecular formula is C25H39N5O5P2. The van der Waals surface area contributed by atoms with Crippen molar-refractivity contribution in [3.8, 4) is 0 Å². The summed E-state index contributed by atoms with van der Waals surface area (Å²) in [5.41, 5.74) is 1.78. The fourth-order valence-electron chi connectivity index (χ4n) is 5.66. The van der Waals surface area contributed by atoms with Gasteiger partial charge in [0.15, 0.2) is 0 Å². The van der Waals surface area contributed by atoms with E-state index in [0.29, 0.717) is 21.3 Å². The molecule has 2 saturated carbocycles. The highest BCUT2D eigenvalue weighted by Gasteiger charge is 2.69. The van der Waals surface area contributed by atoms with Crippen molar-refractivity contribution in [3.05, 3.63) is 6.58 Å². The molecular weight excluding hydrogens is 512 g/mol. The first-order valence-electron chi connectivity index (χ1n) is 12.7. The summed E-state index contributed by atoms with van der Waals surface area (Å²) >= 11 is 0. The van der Waals surface area contributed by atoms with Gasteiger partial charge in [-0.2, -0.15) is 0 Å². The monoisotopic (exact) mass is 551 g/mol. The second-order valence-electron chi connectivity index (χ2n) is 12.0. The lowest BCUT2D eigenvalue weighted by molar-refractivity contribution is -0.145. The average molecular weight is 552 g/mol. The summed E-state index contributed by atoms with van der Waals surface area (Å²) in [4.78, 5) is 66.4. The number of hydrogen-bond acceptors (Lipinski definition) is 5. The first-order chi connectivity index (χ1) is 17.2. The maximum Gasteiger partial charge on any atom is 0.323 e. The highest BCUT2D eigenvalue weighted by atomic mass is 31.1. The summed E-state index contributed by atoms with van der Waals surface area (Å²) in [6.45, 7) is 13.5. The van der Waals surface area contributed by atoms with Crippen LogP contribution in [0.5, 0.6) is 0 Å². The minimum atomic E-state index is -0.951. The zero-order valence-electron chi connectivity index (χ0n) is 22.2. The number of rotatable bonds is 9. The van der Waals surface area contributed by atoms with E-state index in [0.717, 1.165) is 19.3 Å². The van der Waals surface area contributed by atoms with Crippen LogP contribution in [-0.4, -0.2) is 64.6 Å².